The molecule has 0 aliphatic heterocycles. The first-order chi connectivity index (χ1) is 12.3. The van der Waals surface area contributed by atoms with Crippen LogP contribution in [0.5, 0.6) is 0 Å². The molecule has 0 unspecified atom stereocenters. The number of hydrogen-bond donors (Lipinski definition) is 0. The standard InChI is InChI=1S/C24H30O/c1-2-3-4-5-19-6-10-21(11-7-19)23-14-16-24(17-15-23)22-12-8-20(18-25)9-13-22/h8-9,12-19,21H,2-7,10-11H2,1H3. The Morgan fingerprint density at radius 3 is 2.00 bits per heavy atom. The minimum atomic E-state index is 0.732. The summed E-state index contributed by atoms with van der Waals surface area (Å²) < 4.78 is 0. The van der Waals surface area contributed by atoms with E-state index in [2.05, 4.69) is 31.2 Å². The van der Waals surface area contributed by atoms with Gasteiger partial charge in [-0.3, -0.25) is 4.79 Å². The van der Waals surface area contributed by atoms with Crippen molar-refractivity contribution >= 4 is 6.29 Å². The van der Waals surface area contributed by atoms with Crippen molar-refractivity contribution in [3.63, 3.8) is 0 Å². The normalized spacial score (nSPS) is 20.4. The highest BCUT2D eigenvalue weighted by Gasteiger charge is 2.21. The molecule has 1 fully saturated rings. The van der Waals surface area contributed by atoms with E-state index in [1.165, 1.54) is 68.1 Å². The predicted molar refractivity (Wildman–Crippen MR) is 106 cm³/mol. The van der Waals surface area contributed by atoms with Crippen molar-refractivity contribution in [1.82, 2.24) is 0 Å². The van der Waals surface area contributed by atoms with Crippen molar-refractivity contribution in [3.8, 4) is 11.1 Å². The van der Waals surface area contributed by atoms with Gasteiger partial charge in [0.05, 0.1) is 0 Å². The average molecular weight is 335 g/mol. The number of carbonyl (C=O) groups excluding carboxylic acids is 1. The van der Waals surface area contributed by atoms with E-state index in [0.29, 0.717) is 0 Å². The van der Waals surface area contributed by atoms with Gasteiger partial charge in [0.15, 0.2) is 0 Å². The van der Waals surface area contributed by atoms with Gasteiger partial charge in [-0.25, -0.2) is 0 Å². The predicted octanol–water partition coefficient (Wildman–Crippen LogP) is 7.02. The Morgan fingerprint density at radius 1 is 0.840 bits per heavy atom. The van der Waals surface area contributed by atoms with Crippen LogP contribution in [0.4, 0.5) is 0 Å². The molecule has 0 aromatic heterocycles. The fourth-order valence-electron chi connectivity index (χ4n) is 4.17. The summed E-state index contributed by atoms with van der Waals surface area (Å²) in [5.74, 6) is 1.72. The lowest BCUT2D eigenvalue weighted by atomic mass is 9.77. The van der Waals surface area contributed by atoms with Crippen LogP contribution in [-0.2, 0) is 0 Å². The van der Waals surface area contributed by atoms with E-state index in [0.717, 1.165) is 23.7 Å². The van der Waals surface area contributed by atoms with Gasteiger partial charge in [0.2, 0.25) is 0 Å². The molecule has 1 heteroatoms. The summed E-state index contributed by atoms with van der Waals surface area (Å²) in [4.78, 5) is 10.8. The number of benzene rings is 2. The molecule has 0 radical (unpaired) electrons. The van der Waals surface area contributed by atoms with Gasteiger partial charge in [-0.1, -0.05) is 81.1 Å². The third kappa shape index (κ3) is 4.81. The minimum Gasteiger partial charge on any atom is -0.298 e. The molecule has 0 amide bonds. The molecular formula is C24H30O. The second-order valence-corrected chi connectivity index (χ2v) is 7.58. The minimum absolute atomic E-state index is 0.732. The zero-order chi connectivity index (χ0) is 17.5. The van der Waals surface area contributed by atoms with Crippen molar-refractivity contribution in [2.45, 2.75) is 64.2 Å². The third-order valence-electron chi connectivity index (χ3n) is 5.82. The van der Waals surface area contributed by atoms with Gasteiger partial charge in [0.1, 0.15) is 6.29 Å². The Hall–Kier alpha value is -1.89. The van der Waals surface area contributed by atoms with E-state index in [4.69, 9.17) is 0 Å². The summed E-state index contributed by atoms with van der Waals surface area (Å²) in [6, 6.07) is 16.9. The van der Waals surface area contributed by atoms with Crippen molar-refractivity contribution in [3.05, 3.63) is 59.7 Å². The highest BCUT2D eigenvalue weighted by Crippen LogP contribution is 2.38. The Bertz CT molecular complexity index is 645. The van der Waals surface area contributed by atoms with Crippen LogP contribution in [0.1, 0.15) is 80.1 Å². The van der Waals surface area contributed by atoms with Crippen LogP contribution in [0.15, 0.2) is 48.5 Å². The van der Waals surface area contributed by atoms with Gasteiger partial charge in [0, 0.05) is 5.56 Å². The number of unbranched alkanes of at least 4 members (excludes halogenated alkanes) is 2. The lowest BCUT2D eigenvalue weighted by Gasteiger charge is -2.29. The molecule has 0 atom stereocenters. The molecule has 3 rings (SSSR count). The SMILES string of the molecule is CCCCCC1CCC(c2ccc(-c3ccc(C=O)cc3)cc2)CC1. The number of hydrogen-bond acceptors (Lipinski definition) is 1. The van der Waals surface area contributed by atoms with Crippen LogP contribution in [0, 0.1) is 5.92 Å². The van der Waals surface area contributed by atoms with Crippen LogP contribution < -0.4 is 0 Å². The fourth-order valence-corrected chi connectivity index (χ4v) is 4.17. The first-order valence-corrected chi connectivity index (χ1v) is 9.95. The topological polar surface area (TPSA) is 17.1 Å². The molecule has 0 saturated heterocycles. The molecule has 0 heterocycles. The van der Waals surface area contributed by atoms with E-state index in [1.807, 2.05) is 24.3 Å². The quantitative estimate of drug-likeness (QED) is 0.393. The molecule has 1 nitrogen and oxygen atoms in total. The molecule has 1 saturated carbocycles. The van der Waals surface area contributed by atoms with Crippen LogP contribution in [0.3, 0.4) is 0 Å². The highest BCUT2D eigenvalue weighted by atomic mass is 16.1. The van der Waals surface area contributed by atoms with Gasteiger partial charge in [-0.15, -0.1) is 0 Å². The van der Waals surface area contributed by atoms with E-state index in [-0.39, 0.29) is 0 Å². The number of aldehydes is 1. The summed E-state index contributed by atoms with van der Waals surface area (Å²) in [5.41, 5.74) is 4.64. The number of rotatable bonds is 7. The molecule has 2 aromatic rings. The molecule has 1 aliphatic rings. The van der Waals surface area contributed by atoms with Crippen molar-refractivity contribution in [1.29, 1.82) is 0 Å². The van der Waals surface area contributed by atoms with Crippen molar-refractivity contribution in [2.75, 3.05) is 0 Å². The maximum atomic E-state index is 10.8. The third-order valence-corrected chi connectivity index (χ3v) is 5.82. The number of carbonyl (C=O) groups is 1. The first-order valence-electron chi connectivity index (χ1n) is 9.95. The summed E-state index contributed by atoms with van der Waals surface area (Å²) >= 11 is 0. The fraction of sp³-hybridized carbons (Fsp3) is 0.458. The summed E-state index contributed by atoms with van der Waals surface area (Å²) in [7, 11) is 0. The molecule has 2 aromatic carbocycles. The average Bonchev–Trinajstić information content (AvgIpc) is 2.69. The molecule has 0 spiro atoms. The second-order valence-electron chi connectivity index (χ2n) is 7.58. The molecule has 0 N–H and O–H groups in total. The van der Waals surface area contributed by atoms with Gasteiger partial charge in [0.25, 0.3) is 0 Å². The van der Waals surface area contributed by atoms with E-state index in [9.17, 15) is 4.79 Å². The lowest BCUT2D eigenvalue weighted by Crippen LogP contribution is -2.13. The summed E-state index contributed by atoms with van der Waals surface area (Å²) in [5, 5.41) is 0. The summed E-state index contributed by atoms with van der Waals surface area (Å²) in [6.07, 6.45) is 12.0. The monoisotopic (exact) mass is 334 g/mol. The van der Waals surface area contributed by atoms with Gasteiger partial charge < -0.3 is 0 Å². The maximum absolute atomic E-state index is 10.8. The van der Waals surface area contributed by atoms with Crippen molar-refractivity contribution in [2.24, 2.45) is 5.92 Å². The molecule has 25 heavy (non-hydrogen) atoms. The molecule has 132 valence electrons. The molecule has 0 bridgehead atoms. The second kappa shape index (κ2) is 8.99. The van der Waals surface area contributed by atoms with Gasteiger partial charge in [-0.2, -0.15) is 0 Å². The Labute approximate surface area is 152 Å². The Morgan fingerprint density at radius 2 is 1.44 bits per heavy atom. The zero-order valence-corrected chi connectivity index (χ0v) is 15.4. The zero-order valence-electron chi connectivity index (χ0n) is 15.4. The van der Waals surface area contributed by atoms with Crippen molar-refractivity contribution < 1.29 is 4.79 Å². The first kappa shape index (κ1) is 17.9. The largest absolute Gasteiger partial charge is 0.298 e. The van der Waals surface area contributed by atoms with Crippen LogP contribution in [0.25, 0.3) is 11.1 Å². The molecular weight excluding hydrogens is 304 g/mol. The van der Waals surface area contributed by atoms with Crippen LogP contribution in [-0.4, -0.2) is 6.29 Å². The van der Waals surface area contributed by atoms with E-state index in [1.54, 1.807) is 0 Å². The Kier molecular flexibility index (Phi) is 6.44. The maximum Gasteiger partial charge on any atom is 0.150 e. The highest BCUT2D eigenvalue weighted by molar-refractivity contribution is 5.76. The van der Waals surface area contributed by atoms with Crippen LogP contribution in [0.2, 0.25) is 0 Å². The lowest BCUT2D eigenvalue weighted by molar-refractivity contribution is 0.112. The van der Waals surface area contributed by atoms with Crippen LogP contribution >= 0.6 is 0 Å². The van der Waals surface area contributed by atoms with E-state index < -0.39 is 0 Å². The summed E-state index contributed by atoms with van der Waals surface area (Å²) in [6.45, 7) is 2.29. The Balaban J connectivity index is 1.56. The van der Waals surface area contributed by atoms with Gasteiger partial charge >= 0.3 is 0 Å². The molecule has 1 aliphatic carbocycles. The smallest absolute Gasteiger partial charge is 0.150 e. The van der Waals surface area contributed by atoms with Gasteiger partial charge in [-0.05, 0) is 54.2 Å². The van der Waals surface area contributed by atoms with E-state index >= 15 is 0 Å².